The maximum atomic E-state index is 11.3. The van der Waals surface area contributed by atoms with Crippen LogP contribution >= 0.6 is 15.9 Å². The summed E-state index contributed by atoms with van der Waals surface area (Å²) in [5.41, 5.74) is 2.49. The topological polar surface area (TPSA) is 29.5 Å². The molecule has 0 aliphatic rings. The van der Waals surface area contributed by atoms with E-state index in [0.29, 0.717) is 5.56 Å². The van der Waals surface area contributed by atoms with E-state index in [1.165, 1.54) is 7.11 Å². The monoisotopic (exact) mass is 271 g/mol. The van der Waals surface area contributed by atoms with E-state index in [-0.39, 0.29) is 5.97 Å². The summed E-state index contributed by atoms with van der Waals surface area (Å²) in [5, 5.41) is 0. The van der Waals surface area contributed by atoms with Crippen LogP contribution in [0.2, 0.25) is 0 Å². The standard InChI is InChI=1S/C11H14BrNO2/c1-13(8-12)7-9-4-3-5-10(6-9)11(14)15-2/h3-6H,7-8H2,1-2H3. The first kappa shape index (κ1) is 12.2. The first-order chi connectivity index (χ1) is 7.17. The molecule has 0 aliphatic carbocycles. The van der Waals surface area contributed by atoms with Crippen LogP contribution < -0.4 is 0 Å². The third kappa shape index (κ3) is 3.64. The average Bonchev–Trinajstić information content (AvgIpc) is 2.28. The van der Waals surface area contributed by atoms with Gasteiger partial charge in [0.15, 0.2) is 0 Å². The third-order valence-electron chi connectivity index (χ3n) is 2.00. The maximum Gasteiger partial charge on any atom is 0.337 e. The molecule has 0 spiro atoms. The molecule has 0 aliphatic heterocycles. The van der Waals surface area contributed by atoms with Crippen molar-refractivity contribution < 1.29 is 9.53 Å². The van der Waals surface area contributed by atoms with E-state index < -0.39 is 0 Å². The Kier molecular flexibility index (Phi) is 4.78. The molecule has 0 fully saturated rings. The Morgan fingerprint density at radius 1 is 1.53 bits per heavy atom. The van der Waals surface area contributed by atoms with Gasteiger partial charge < -0.3 is 4.74 Å². The van der Waals surface area contributed by atoms with Crippen molar-refractivity contribution in [1.82, 2.24) is 4.90 Å². The lowest BCUT2D eigenvalue weighted by Crippen LogP contribution is -2.15. The van der Waals surface area contributed by atoms with E-state index in [0.717, 1.165) is 17.6 Å². The zero-order valence-corrected chi connectivity index (χ0v) is 10.5. The number of nitrogens with zero attached hydrogens (tertiary/aromatic N) is 1. The number of methoxy groups -OCH3 is 1. The molecule has 0 bridgehead atoms. The average molecular weight is 272 g/mol. The Labute approximate surface area is 98.2 Å². The Morgan fingerprint density at radius 2 is 2.27 bits per heavy atom. The lowest BCUT2D eigenvalue weighted by Gasteiger charge is -2.13. The molecule has 0 saturated heterocycles. The number of carbonyl (C=O) groups is 1. The summed E-state index contributed by atoms with van der Waals surface area (Å²) >= 11 is 3.37. The van der Waals surface area contributed by atoms with Crippen molar-refractivity contribution in [3.63, 3.8) is 0 Å². The molecule has 15 heavy (non-hydrogen) atoms. The van der Waals surface area contributed by atoms with Gasteiger partial charge >= 0.3 is 5.97 Å². The van der Waals surface area contributed by atoms with Crippen LogP contribution in [0.3, 0.4) is 0 Å². The quantitative estimate of drug-likeness (QED) is 0.478. The number of benzene rings is 1. The van der Waals surface area contributed by atoms with Crippen LogP contribution in [0.4, 0.5) is 0 Å². The summed E-state index contributed by atoms with van der Waals surface area (Å²) in [5.74, 6) is -0.293. The van der Waals surface area contributed by atoms with Crippen molar-refractivity contribution in [2.24, 2.45) is 0 Å². The molecule has 0 saturated carbocycles. The Bertz CT molecular complexity index is 341. The molecule has 1 rings (SSSR count). The third-order valence-corrected chi connectivity index (χ3v) is 2.86. The first-order valence-electron chi connectivity index (χ1n) is 4.59. The molecular weight excluding hydrogens is 258 g/mol. The van der Waals surface area contributed by atoms with Crippen LogP contribution in [-0.2, 0) is 11.3 Å². The predicted molar refractivity (Wildman–Crippen MR) is 63.0 cm³/mol. The molecule has 0 unspecified atom stereocenters. The first-order valence-corrected chi connectivity index (χ1v) is 5.71. The van der Waals surface area contributed by atoms with Gasteiger partial charge in [-0.1, -0.05) is 28.1 Å². The number of ether oxygens (including phenoxy) is 1. The zero-order valence-electron chi connectivity index (χ0n) is 8.87. The van der Waals surface area contributed by atoms with Gasteiger partial charge in [-0.2, -0.15) is 0 Å². The molecule has 4 heteroatoms. The lowest BCUT2D eigenvalue weighted by molar-refractivity contribution is 0.0600. The van der Waals surface area contributed by atoms with Gasteiger partial charge in [-0.15, -0.1) is 0 Å². The number of alkyl halides is 1. The van der Waals surface area contributed by atoms with Crippen LogP contribution in [0.5, 0.6) is 0 Å². The van der Waals surface area contributed by atoms with Crippen molar-refractivity contribution in [3.8, 4) is 0 Å². The minimum atomic E-state index is -0.293. The molecule has 1 aromatic carbocycles. The van der Waals surface area contributed by atoms with Gasteiger partial charge in [0.1, 0.15) is 0 Å². The molecule has 3 nitrogen and oxygen atoms in total. The van der Waals surface area contributed by atoms with E-state index in [9.17, 15) is 4.79 Å². The Balaban J connectivity index is 2.78. The van der Waals surface area contributed by atoms with Gasteiger partial charge in [-0.3, -0.25) is 4.90 Å². The van der Waals surface area contributed by atoms with E-state index >= 15 is 0 Å². The molecule has 0 amide bonds. The van der Waals surface area contributed by atoms with Crippen LogP contribution in [0.15, 0.2) is 24.3 Å². The molecule has 1 aromatic rings. The summed E-state index contributed by atoms with van der Waals surface area (Å²) < 4.78 is 4.66. The van der Waals surface area contributed by atoms with Crippen LogP contribution in [-0.4, -0.2) is 30.5 Å². The van der Waals surface area contributed by atoms with E-state index in [2.05, 4.69) is 25.6 Å². The number of halogens is 1. The summed E-state index contributed by atoms with van der Waals surface area (Å²) in [6.45, 7) is 0.802. The highest BCUT2D eigenvalue weighted by Gasteiger charge is 2.06. The molecule has 0 atom stereocenters. The highest BCUT2D eigenvalue weighted by molar-refractivity contribution is 9.09. The van der Waals surface area contributed by atoms with E-state index in [1.807, 2.05) is 25.2 Å². The zero-order chi connectivity index (χ0) is 11.3. The van der Waals surface area contributed by atoms with Crippen molar-refractivity contribution in [2.45, 2.75) is 6.54 Å². The second kappa shape index (κ2) is 5.88. The molecular formula is C11H14BrNO2. The fourth-order valence-corrected chi connectivity index (χ4v) is 1.45. The highest BCUT2D eigenvalue weighted by Crippen LogP contribution is 2.09. The minimum Gasteiger partial charge on any atom is -0.465 e. The maximum absolute atomic E-state index is 11.3. The number of hydrogen-bond donors (Lipinski definition) is 0. The molecule has 0 radical (unpaired) electrons. The smallest absolute Gasteiger partial charge is 0.337 e. The second-order valence-electron chi connectivity index (χ2n) is 3.33. The van der Waals surface area contributed by atoms with Gasteiger partial charge in [0.2, 0.25) is 0 Å². The molecule has 0 heterocycles. The fraction of sp³-hybridized carbons (Fsp3) is 0.364. The van der Waals surface area contributed by atoms with Crippen molar-refractivity contribution in [3.05, 3.63) is 35.4 Å². The van der Waals surface area contributed by atoms with Gasteiger partial charge in [0.25, 0.3) is 0 Å². The van der Waals surface area contributed by atoms with Gasteiger partial charge in [-0.25, -0.2) is 4.79 Å². The number of esters is 1. The van der Waals surface area contributed by atoms with Gasteiger partial charge in [-0.05, 0) is 24.7 Å². The Hall–Kier alpha value is -0.870. The highest BCUT2D eigenvalue weighted by atomic mass is 79.9. The SMILES string of the molecule is COC(=O)c1cccc(CN(C)CBr)c1. The van der Waals surface area contributed by atoms with E-state index in [4.69, 9.17) is 0 Å². The number of hydrogen-bond acceptors (Lipinski definition) is 3. The molecule has 0 aromatic heterocycles. The minimum absolute atomic E-state index is 0.293. The second-order valence-corrected chi connectivity index (χ2v) is 3.83. The van der Waals surface area contributed by atoms with Gasteiger partial charge in [0.05, 0.1) is 18.1 Å². The lowest BCUT2D eigenvalue weighted by atomic mass is 10.1. The Morgan fingerprint density at radius 3 is 2.87 bits per heavy atom. The summed E-state index contributed by atoms with van der Waals surface area (Å²) in [7, 11) is 3.39. The predicted octanol–water partition coefficient (Wildman–Crippen LogP) is 2.26. The number of carbonyl (C=O) groups excluding carboxylic acids is 1. The van der Waals surface area contributed by atoms with Crippen LogP contribution in [0.25, 0.3) is 0 Å². The summed E-state index contributed by atoms with van der Waals surface area (Å²) in [4.78, 5) is 13.4. The largest absolute Gasteiger partial charge is 0.465 e. The van der Waals surface area contributed by atoms with Crippen molar-refractivity contribution >= 4 is 21.9 Å². The van der Waals surface area contributed by atoms with Gasteiger partial charge in [0, 0.05) is 6.54 Å². The number of rotatable bonds is 4. The fourth-order valence-electron chi connectivity index (χ4n) is 1.27. The molecule has 82 valence electrons. The summed E-state index contributed by atoms with van der Waals surface area (Å²) in [6, 6.07) is 7.46. The van der Waals surface area contributed by atoms with Crippen LogP contribution in [0, 0.1) is 0 Å². The molecule has 0 N–H and O–H groups in total. The van der Waals surface area contributed by atoms with E-state index in [1.54, 1.807) is 6.07 Å². The van der Waals surface area contributed by atoms with Crippen molar-refractivity contribution in [2.75, 3.05) is 19.6 Å². The summed E-state index contributed by atoms with van der Waals surface area (Å²) in [6.07, 6.45) is 0. The van der Waals surface area contributed by atoms with Crippen LogP contribution in [0.1, 0.15) is 15.9 Å². The van der Waals surface area contributed by atoms with Crippen molar-refractivity contribution in [1.29, 1.82) is 0 Å². The normalized spacial score (nSPS) is 10.4.